The molecule has 1 aliphatic rings. The van der Waals surface area contributed by atoms with E-state index in [2.05, 4.69) is 4.90 Å². The molecule has 2 heterocycles. The highest BCUT2D eigenvalue weighted by Gasteiger charge is 2.10. The third-order valence-electron chi connectivity index (χ3n) is 3.90. The average molecular weight is 336 g/mol. The maximum Gasteiger partial charge on any atom is 0.146 e. The topological polar surface area (TPSA) is 34.8 Å². The first-order valence-corrected chi connectivity index (χ1v) is 8.43. The SMILES string of the molecule is Clc1cccc(OCc2ccc(CCCN3CCOCC3)o2)c1. The van der Waals surface area contributed by atoms with E-state index in [0.29, 0.717) is 11.6 Å². The predicted molar refractivity (Wildman–Crippen MR) is 90.1 cm³/mol. The lowest BCUT2D eigenvalue weighted by Crippen LogP contribution is -2.36. The Morgan fingerprint density at radius 2 is 1.91 bits per heavy atom. The van der Waals surface area contributed by atoms with Crippen LogP contribution >= 0.6 is 11.6 Å². The van der Waals surface area contributed by atoms with E-state index in [1.165, 1.54) is 0 Å². The Labute approximate surface area is 141 Å². The van der Waals surface area contributed by atoms with Crippen molar-refractivity contribution in [3.05, 3.63) is 52.9 Å². The molecular weight excluding hydrogens is 314 g/mol. The molecule has 1 aromatic heterocycles. The lowest BCUT2D eigenvalue weighted by Gasteiger charge is -2.26. The lowest BCUT2D eigenvalue weighted by atomic mass is 10.2. The largest absolute Gasteiger partial charge is 0.486 e. The van der Waals surface area contributed by atoms with Gasteiger partial charge < -0.3 is 13.9 Å². The van der Waals surface area contributed by atoms with Gasteiger partial charge >= 0.3 is 0 Å². The van der Waals surface area contributed by atoms with Crippen molar-refractivity contribution in [1.82, 2.24) is 4.90 Å². The summed E-state index contributed by atoms with van der Waals surface area (Å²) in [6.07, 6.45) is 2.05. The summed E-state index contributed by atoms with van der Waals surface area (Å²) in [4.78, 5) is 2.44. The first-order valence-electron chi connectivity index (χ1n) is 8.06. The number of nitrogens with zero attached hydrogens (tertiary/aromatic N) is 1. The van der Waals surface area contributed by atoms with Crippen molar-refractivity contribution in [2.45, 2.75) is 19.4 Å². The van der Waals surface area contributed by atoms with Crippen molar-refractivity contribution in [1.29, 1.82) is 0 Å². The van der Waals surface area contributed by atoms with Gasteiger partial charge in [0, 0.05) is 24.5 Å². The van der Waals surface area contributed by atoms with Crippen molar-refractivity contribution < 1.29 is 13.9 Å². The average Bonchev–Trinajstić information content (AvgIpc) is 3.02. The molecule has 1 aromatic carbocycles. The van der Waals surface area contributed by atoms with Crippen LogP contribution in [-0.2, 0) is 17.8 Å². The zero-order valence-electron chi connectivity index (χ0n) is 13.2. The molecule has 0 amide bonds. The van der Waals surface area contributed by atoms with Crippen LogP contribution in [0.5, 0.6) is 5.75 Å². The summed E-state index contributed by atoms with van der Waals surface area (Å²) in [6, 6.07) is 11.4. The Balaban J connectivity index is 1.40. The monoisotopic (exact) mass is 335 g/mol. The minimum absolute atomic E-state index is 0.420. The number of hydrogen-bond donors (Lipinski definition) is 0. The van der Waals surface area contributed by atoms with Crippen molar-refractivity contribution in [2.75, 3.05) is 32.8 Å². The zero-order chi connectivity index (χ0) is 15.9. The fourth-order valence-electron chi connectivity index (χ4n) is 2.65. The molecule has 3 rings (SSSR count). The third-order valence-corrected chi connectivity index (χ3v) is 4.13. The number of ether oxygens (including phenoxy) is 2. The van der Waals surface area contributed by atoms with Crippen LogP contribution in [-0.4, -0.2) is 37.7 Å². The Bertz CT molecular complexity index is 608. The smallest absolute Gasteiger partial charge is 0.146 e. The number of aryl methyl sites for hydroxylation is 1. The molecule has 2 aromatic rings. The van der Waals surface area contributed by atoms with Gasteiger partial charge in [-0.3, -0.25) is 4.90 Å². The summed E-state index contributed by atoms with van der Waals surface area (Å²) in [6.45, 7) is 5.30. The van der Waals surface area contributed by atoms with Crippen LogP contribution in [0.25, 0.3) is 0 Å². The maximum absolute atomic E-state index is 5.94. The number of rotatable bonds is 7. The van der Waals surface area contributed by atoms with Crippen LogP contribution < -0.4 is 4.74 Å². The molecule has 0 N–H and O–H groups in total. The molecule has 0 spiro atoms. The van der Waals surface area contributed by atoms with E-state index in [-0.39, 0.29) is 0 Å². The van der Waals surface area contributed by atoms with Gasteiger partial charge in [0.15, 0.2) is 0 Å². The second-order valence-corrected chi connectivity index (χ2v) is 6.11. The molecule has 124 valence electrons. The van der Waals surface area contributed by atoms with Gasteiger partial charge in [-0.15, -0.1) is 0 Å². The Kier molecular flexibility index (Phi) is 5.97. The summed E-state index contributed by atoms with van der Waals surface area (Å²) in [5.74, 6) is 2.61. The Morgan fingerprint density at radius 3 is 2.74 bits per heavy atom. The second-order valence-electron chi connectivity index (χ2n) is 5.67. The van der Waals surface area contributed by atoms with Crippen LogP contribution in [0.1, 0.15) is 17.9 Å². The van der Waals surface area contributed by atoms with Crippen molar-refractivity contribution in [3.63, 3.8) is 0 Å². The van der Waals surface area contributed by atoms with E-state index in [9.17, 15) is 0 Å². The van der Waals surface area contributed by atoms with E-state index in [4.69, 9.17) is 25.5 Å². The summed E-state index contributed by atoms with van der Waals surface area (Å²) in [5.41, 5.74) is 0. The van der Waals surface area contributed by atoms with Gasteiger partial charge in [0.05, 0.1) is 13.2 Å². The molecule has 1 aliphatic heterocycles. The van der Waals surface area contributed by atoms with Crippen LogP contribution in [0, 0.1) is 0 Å². The fraction of sp³-hybridized carbons (Fsp3) is 0.444. The highest BCUT2D eigenvalue weighted by Crippen LogP contribution is 2.19. The van der Waals surface area contributed by atoms with E-state index in [0.717, 1.165) is 63.0 Å². The molecular formula is C18H22ClNO3. The first-order chi connectivity index (χ1) is 11.3. The molecule has 0 radical (unpaired) electrons. The normalized spacial score (nSPS) is 15.7. The van der Waals surface area contributed by atoms with Gasteiger partial charge in [-0.05, 0) is 43.3 Å². The van der Waals surface area contributed by atoms with Crippen LogP contribution in [0.4, 0.5) is 0 Å². The summed E-state index contributed by atoms with van der Waals surface area (Å²) in [5, 5.41) is 0.672. The number of benzene rings is 1. The van der Waals surface area contributed by atoms with Crippen molar-refractivity contribution >= 4 is 11.6 Å². The highest BCUT2D eigenvalue weighted by molar-refractivity contribution is 6.30. The highest BCUT2D eigenvalue weighted by atomic mass is 35.5. The van der Waals surface area contributed by atoms with Crippen molar-refractivity contribution in [3.8, 4) is 5.75 Å². The number of morpholine rings is 1. The number of hydrogen-bond acceptors (Lipinski definition) is 4. The van der Waals surface area contributed by atoms with Gasteiger partial charge in [0.2, 0.25) is 0 Å². The molecule has 23 heavy (non-hydrogen) atoms. The van der Waals surface area contributed by atoms with E-state index >= 15 is 0 Å². The maximum atomic E-state index is 5.94. The summed E-state index contributed by atoms with van der Waals surface area (Å²) >= 11 is 5.94. The van der Waals surface area contributed by atoms with Gasteiger partial charge in [0.25, 0.3) is 0 Å². The van der Waals surface area contributed by atoms with Crippen LogP contribution in [0.15, 0.2) is 40.8 Å². The minimum atomic E-state index is 0.420. The molecule has 0 unspecified atom stereocenters. The van der Waals surface area contributed by atoms with Gasteiger partial charge in [-0.2, -0.15) is 0 Å². The van der Waals surface area contributed by atoms with Crippen LogP contribution in [0.2, 0.25) is 5.02 Å². The molecule has 1 fully saturated rings. The van der Waals surface area contributed by atoms with Gasteiger partial charge in [-0.25, -0.2) is 0 Å². The predicted octanol–water partition coefficient (Wildman–Crippen LogP) is 3.78. The second kappa shape index (κ2) is 8.39. The van der Waals surface area contributed by atoms with E-state index < -0.39 is 0 Å². The molecule has 4 nitrogen and oxygen atoms in total. The van der Waals surface area contributed by atoms with E-state index in [1.807, 2.05) is 30.3 Å². The molecule has 0 saturated carbocycles. The fourth-order valence-corrected chi connectivity index (χ4v) is 2.83. The van der Waals surface area contributed by atoms with Gasteiger partial charge in [0.1, 0.15) is 23.9 Å². The first kappa shape index (κ1) is 16.4. The molecule has 0 atom stereocenters. The van der Waals surface area contributed by atoms with Crippen molar-refractivity contribution in [2.24, 2.45) is 0 Å². The molecule has 0 aliphatic carbocycles. The molecule has 5 heteroatoms. The molecule has 1 saturated heterocycles. The summed E-state index contributed by atoms with van der Waals surface area (Å²) in [7, 11) is 0. The Morgan fingerprint density at radius 1 is 1.09 bits per heavy atom. The van der Waals surface area contributed by atoms with Gasteiger partial charge in [-0.1, -0.05) is 17.7 Å². The number of halogens is 1. The quantitative estimate of drug-likeness (QED) is 0.771. The summed E-state index contributed by atoms with van der Waals surface area (Å²) < 4.78 is 16.9. The lowest BCUT2D eigenvalue weighted by molar-refractivity contribution is 0.0373. The van der Waals surface area contributed by atoms with Crippen LogP contribution in [0.3, 0.4) is 0 Å². The molecule has 0 bridgehead atoms. The zero-order valence-corrected chi connectivity index (χ0v) is 13.9. The Hall–Kier alpha value is -1.49. The standard InChI is InChI=1S/C18H22ClNO3/c19-15-3-1-4-17(13-15)22-14-18-7-6-16(23-18)5-2-8-20-9-11-21-12-10-20/h1,3-4,6-7,13H,2,5,8-12,14H2. The number of furan rings is 1. The van der Waals surface area contributed by atoms with E-state index in [1.54, 1.807) is 6.07 Å². The minimum Gasteiger partial charge on any atom is -0.486 e. The third kappa shape index (κ3) is 5.27.